The number of aromatic nitrogens is 2. The summed E-state index contributed by atoms with van der Waals surface area (Å²) in [5, 5.41) is 11.2. The van der Waals surface area contributed by atoms with E-state index in [0.29, 0.717) is 0 Å². The fourth-order valence-corrected chi connectivity index (χ4v) is 3.01. The zero-order chi connectivity index (χ0) is 11.5. The highest BCUT2D eigenvalue weighted by atomic mass is 15.3. The molecule has 1 aliphatic heterocycles. The molecule has 0 radical (unpaired) electrons. The Bertz CT molecular complexity index is 346. The molecule has 4 nitrogen and oxygen atoms in total. The monoisotopic (exact) mass is 234 g/mol. The number of hydrogen-bond donors (Lipinski definition) is 2. The number of anilines is 1. The van der Waals surface area contributed by atoms with Gasteiger partial charge in [-0.3, -0.25) is 5.10 Å². The lowest BCUT2D eigenvalue weighted by atomic mass is 10.0. The van der Waals surface area contributed by atoms with Gasteiger partial charge in [-0.1, -0.05) is 12.8 Å². The maximum absolute atomic E-state index is 4.50. The van der Waals surface area contributed by atoms with Gasteiger partial charge in [0, 0.05) is 37.3 Å². The Labute approximate surface area is 103 Å². The number of aromatic amines is 1. The van der Waals surface area contributed by atoms with E-state index in [-0.39, 0.29) is 0 Å². The van der Waals surface area contributed by atoms with Crippen LogP contribution in [0.1, 0.15) is 43.7 Å². The third-order valence-electron chi connectivity index (χ3n) is 4.04. The van der Waals surface area contributed by atoms with Crippen molar-refractivity contribution in [1.82, 2.24) is 15.5 Å². The molecule has 1 aromatic rings. The summed E-state index contributed by atoms with van der Waals surface area (Å²) in [7, 11) is 0. The third-order valence-corrected chi connectivity index (χ3v) is 4.04. The number of nitrogens with one attached hydrogen (secondary N) is 2. The molecule has 4 heteroatoms. The van der Waals surface area contributed by atoms with Crippen LogP contribution in [0, 0.1) is 0 Å². The minimum Gasteiger partial charge on any atom is -0.354 e. The maximum Gasteiger partial charge on any atom is 0.150 e. The third kappa shape index (κ3) is 2.46. The van der Waals surface area contributed by atoms with Gasteiger partial charge in [0.2, 0.25) is 0 Å². The van der Waals surface area contributed by atoms with Crippen molar-refractivity contribution < 1.29 is 0 Å². The summed E-state index contributed by atoms with van der Waals surface area (Å²) in [5.41, 5.74) is 1.36. The molecule has 17 heavy (non-hydrogen) atoms. The highest BCUT2D eigenvalue weighted by Gasteiger charge is 2.20. The molecule has 2 N–H and O–H groups in total. The van der Waals surface area contributed by atoms with E-state index in [2.05, 4.69) is 26.5 Å². The fourth-order valence-electron chi connectivity index (χ4n) is 3.01. The lowest BCUT2D eigenvalue weighted by Gasteiger charge is -2.18. The Morgan fingerprint density at radius 3 is 2.88 bits per heavy atom. The molecule has 3 rings (SSSR count). The van der Waals surface area contributed by atoms with Crippen LogP contribution in [-0.4, -0.2) is 36.4 Å². The molecule has 0 amide bonds. The maximum atomic E-state index is 4.50. The molecule has 2 heterocycles. The van der Waals surface area contributed by atoms with Crippen molar-refractivity contribution in [3.05, 3.63) is 11.8 Å². The van der Waals surface area contributed by atoms with Crippen LogP contribution in [0.4, 0.5) is 5.82 Å². The average Bonchev–Trinajstić information content (AvgIpc) is 2.95. The average molecular weight is 234 g/mol. The van der Waals surface area contributed by atoms with Crippen LogP contribution in [0.3, 0.4) is 0 Å². The van der Waals surface area contributed by atoms with Crippen LogP contribution >= 0.6 is 0 Å². The number of H-pyrrole nitrogens is 1. The molecule has 0 bridgehead atoms. The molecule has 0 aromatic carbocycles. The van der Waals surface area contributed by atoms with Gasteiger partial charge in [-0.2, -0.15) is 5.10 Å². The van der Waals surface area contributed by atoms with Crippen molar-refractivity contribution in [2.24, 2.45) is 0 Å². The second-order valence-corrected chi connectivity index (χ2v) is 5.25. The number of rotatable bonds is 2. The van der Waals surface area contributed by atoms with E-state index in [1.165, 1.54) is 37.8 Å². The van der Waals surface area contributed by atoms with Crippen molar-refractivity contribution in [2.75, 3.05) is 31.1 Å². The van der Waals surface area contributed by atoms with Crippen LogP contribution in [0.25, 0.3) is 0 Å². The van der Waals surface area contributed by atoms with Gasteiger partial charge in [-0.25, -0.2) is 0 Å². The van der Waals surface area contributed by atoms with Crippen LogP contribution in [0.15, 0.2) is 6.07 Å². The summed E-state index contributed by atoms with van der Waals surface area (Å²) in [6.45, 7) is 4.42. The van der Waals surface area contributed by atoms with Gasteiger partial charge in [0.05, 0.1) is 0 Å². The van der Waals surface area contributed by atoms with E-state index in [9.17, 15) is 0 Å². The van der Waals surface area contributed by atoms with Crippen molar-refractivity contribution in [1.29, 1.82) is 0 Å². The second kappa shape index (κ2) is 5.08. The Morgan fingerprint density at radius 2 is 2.00 bits per heavy atom. The Morgan fingerprint density at radius 1 is 1.12 bits per heavy atom. The quantitative estimate of drug-likeness (QED) is 0.821. The van der Waals surface area contributed by atoms with E-state index < -0.39 is 0 Å². The smallest absolute Gasteiger partial charge is 0.150 e. The topological polar surface area (TPSA) is 44.0 Å². The minimum atomic E-state index is 0.737. The van der Waals surface area contributed by atoms with Gasteiger partial charge < -0.3 is 10.2 Å². The summed E-state index contributed by atoms with van der Waals surface area (Å²) in [4.78, 5) is 2.40. The highest BCUT2D eigenvalue weighted by Crippen LogP contribution is 2.34. The summed E-state index contributed by atoms with van der Waals surface area (Å²) in [6, 6.07) is 2.28. The molecule has 2 fully saturated rings. The van der Waals surface area contributed by atoms with Gasteiger partial charge in [0.25, 0.3) is 0 Å². The largest absolute Gasteiger partial charge is 0.354 e. The molecule has 1 aliphatic carbocycles. The second-order valence-electron chi connectivity index (χ2n) is 5.25. The molecule has 1 saturated heterocycles. The van der Waals surface area contributed by atoms with Gasteiger partial charge in [0.1, 0.15) is 0 Å². The van der Waals surface area contributed by atoms with E-state index in [4.69, 9.17) is 0 Å². The van der Waals surface area contributed by atoms with Gasteiger partial charge in [0.15, 0.2) is 5.82 Å². The number of nitrogens with zero attached hydrogens (tertiary/aromatic N) is 2. The van der Waals surface area contributed by atoms with Crippen molar-refractivity contribution in [3.63, 3.8) is 0 Å². The molecule has 2 aliphatic rings. The first kappa shape index (κ1) is 11.1. The first-order chi connectivity index (χ1) is 8.43. The normalized spacial score (nSPS) is 22.9. The molecule has 0 spiro atoms. The van der Waals surface area contributed by atoms with Crippen molar-refractivity contribution in [2.45, 2.75) is 38.0 Å². The summed E-state index contributed by atoms with van der Waals surface area (Å²) < 4.78 is 0. The minimum absolute atomic E-state index is 0.737. The molecule has 0 unspecified atom stereocenters. The van der Waals surface area contributed by atoms with E-state index in [0.717, 1.165) is 37.9 Å². The van der Waals surface area contributed by atoms with E-state index in [1.807, 2.05) is 0 Å². The summed E-state index contributed by atoms with van der Waals surface area (Å²) >= 11 is 0. The SMILES string of the molecule is c1c(N2CCCNCC2)n[nH]c1C1CCCC1. The molecule has 0 atom stereocenters. The molecular weight excluding hydrogens is 212 g/mol. The zero-order valence-electron chi connectivity index (χ0n) is 10.4. The Hall–Kier alpha value is -1.03. The van der Waals surface area contributed by atoms with Crippen LogP contribution in [0.2, 0.25) is 0 Å². The molecular formula is C13H22N4. The van der Waals surface area contributed by atoms with Gasteiger partial charge in [-0.05, 0) is 25.8 Å². The molecule has 1 saturated carbocycles. The zero-order valence-corrected chi connectivity index (χ0v) is 10.4. The summed E-state index contributed by atoms with van der Waals surface area (Å²) in [5.74, 6) is 1.89. The first-order valence-electron chi connectivity index (χ1n) is 6.94. The number of hydrogen-bond acceptors (Lipinski definition) is 3. The summed E-state index contributed by atoms with van der Waals surface area (Å²) in [6.07, 6.45) is 6.65. The van der Waals surface area contributed by atoms with Crippen molar-refractivity contribution in [3.8, 4) is 0 Å². The van der Waals surface area contributed by atoms with Gasteiger partial charge in [-0.15, -0.1) is 0 Å². The predicted octanol–water partition coefficient (Wildman–Crippen LogP) is 1.87. The first-order valence-corrected chi connectivity index (χ1v) is 6.94. The fraction of sp³-hybridized carbons (Fsp3) is 0.769. The Kier molecular flexibility index (Phi) is 3.31. The lowest BCUT2D eigenvalue weighted by molar-refractivity contribution is 0.693. The molecule has 94 valence electrons. The van der Waals surface area contributed by atoms with Crippen LogP contribution in [0.5, 0.6) is 0 Å². The van der Waals surface area contributed by atoms with Crippen LogP contribution in [-0.2, 0) is 0 Å². The lowest BCUT2D eigenvalue weighted by Crippen LogP contribution is -2.28. The highest BCUT2D eigenvalue weighted by molar-refractivity contribution is 5.40. The standard InChI is InChI=1S/C13H22N4/c1-2-5-11(4-1)12-10-13(16-15-12)17-8-3-6-14-7-9-17/h10-11,14H,1-9H2,(H,15,16). The molecule has 1 aromatic heterocycles. The van der Waals surface area contributed by atoms with E-state index >= 15 is 0 Å². The van der Waals surface area contributed by atoms with Crippen molar-refractivity contribution >= 4 is 5.82 Å². The predicted molar refractivity (Wildman–Crippen MR) is 69.5 cm³/mol. The Balaban J connectivity index is 1.70. The van der Waals surface area contributed by atoms with Crippen LogP contribution < -0.4 is 10.2 Å². The van der Waals surface area contributed by atoms with E-state index in [1.54, 1.807) is 0 Å². The van der Waals surface area contributed by atoms with Gasteiger partial charge >= 0.3 is 0 Å².